The lowest BCUT2D eigenvalue weighted by Gasteiger charge is -2.09. The van der Waals surface area contributed by atoms with Gasteiger partial charge < -0.3 is 15.8 Å². The second-order valence-electron chi connectivity index (χ2n) is 4.19. The van der Waals surface area contributed by atoms with Crippen molar-refractivity contribution in [1.82, 2.24) is 9.78 Å². The number of rotatable bonds is 6. The second-order valence-corrected chi connectivity index (χ2v) is 4.19. The van der Waals surface area contributed by atoms with Crippen molar-refractivity contribution >= 4 is 11.7 Å². The predicted molar refractivity (Wildman–Crippen MR) is 65.4 cm³/mol. The van der Waals surface area contributed by atoms with Gasteiger partial charge >= 0.3 is 0 Å². The Kier molecular flexibility index (Phi) is 5.11. The molecule has 6 nitrogen and oxygen atoms in total. The smallest absolute Gasteiger partial charge is 0.225 e. The zero-order chi connectivity index (χ0) is 12.8. The van der Waals surface area contributed by atoms with Crippen LogP contribution < -0.4 is 11.1 Å². The molecule has 0 aliphatic carbocycles. The average molecular weight is 240 g/mol. The van der Waals surface area contributed by atoms with Crippen molar-refractivity contribution in [3.05, 3.63) is 11.8 Å². The molecule has 6 heteroatoms. The van der Waals surface area contributed by atoms with Gasteiger partial charge in [0.15, 0.2) is 5.82 Å². The van der Waals surface area contributed by atoms with E-state index in [4.69, 9.17) is 10.5 Å². The summed E-state index contributed by atoms with van der Waals surface area (Å²) in [7, 11) is 3.42. The summed E-state index contributed by atoms with van der Waals surface area (Å²) in [4.78, 5) is 11.7. The first-order valence-electron chi connectivity index (χ1n) is 5.58. The molecule has 1 unspecified atom stereocenters. The fraction of sp³-hybridized carbons (Fsp3) is 0.636. The maximum Gasteiger partial charge on any atom is 0.225 e. The Morgan fingerprint density at radius 3 is 3.00 bits per heavy atom. The molecule has 1 rings (SSSR count). The highest BCUT2D eigenvalue weighted by atomic mass is 16.5. The molecule has 0 aliphatic heterocycles. The van der Waals surface area contributed by atoms with Crippen molar-refractivity contribution in [2.24, 2.45) is 18.7 Å². The molecule has 0 fully saturated rings. The third-order valence-corrected chi connectivity index (χ3v) is 2.37. The summed E-state index contributed by atoms with van der Waals surface area (Å²) in [6, 6.07) is 0. The van der Waals surface area contributed by atoms with Crippen molar-refractivity contribution < 1.29 is 9.53 Å². The van der Waals surface area contributed by atoms with E-state index < -0.39 is 0 Å². The van der Waals surface area contributed by atoms with Crippen LogP contribution in [0, 0.1) is 5.92 Å². The fourth-order valence-corrected chi connectivity index (χ4v) is 1.64. The van der Waals surface area contributed by atoms with Crippen molar-refractivity contribution in [1.29, 1.82) is 0 Å². The van der Waals surface area contributed by atoms with E-state index in [0.29, 0.717) is 25.4 Å². The number of nitrogens with two attached hydrogens (primary N) is 1. The van der Waals surface area contributed by atoms with Crippen LogP contribution in [-0.4, -0.2) is 29.4 Å². The number of amides is 1. The number of hydrogen-bond acceptors (Lipinski definition) is 4. The minimum absolute atomic E-state index is 0.0667. The number of nitrogens with one attached hydrogen (secondary N) is 1. The minimum Gasteiger partial charge on any atom is -0.384 e. The predicted octanol–water partition coefficient (Wildman–Crippen LogP) is 0.490. The lowest BCUT2D eigenvalue weighted by atomic mass is 10.1. The number of ether oxygens (including phenoxy) is 1. The summed E-state index contributed by atoms with van der Waals surface area (Å²) in [6.45, 7) is 2.89. The second kappa shape index (κ2) is 6.36. The van der Waals surface area contributed by atoms with Crippen LogP contribution in [-0.2, 0) is 23.1 Å². The number of nitrogens with zero attached hydrogens (tertiary/aromatic N) is 2. The van der Waals surface area contributed by atoms with Crippen LogP contribution in [0.5, 0.6) is 0 Å². The molecule has 96 valence electrons. The van der Waals surface area contributed by atoms with Crippen LogP contribution in [0.4, 0.5) is 5.82 Å². The van der Waals surface area contributed by atoms with Gasteiger partial charge in [0.1, 0.15) is 0 Å². The molecule has 1 aromatic rings. The molecule has 0 bridgehead atoms. The Morgan fingerprint density at radius 2 is 2.41 bits per heavy atom. The van der Waals surface area contributed by atoms with E-state index in [1.807, 2.05) is 6.92 Å². The monoisotopic (exact) mass is 240 g/mol. The first-order valence-corrected chi connectivity index (χ1v) is 5.58. The van der Waals surface area contributed by atoms with E-state index >= 15 is 0 Å². The summed E-state index contributed by atoms with van der Waals surface area (Å²) in [5, 5.41) is 6.91. The zero-order valence-electron chi connectivity index (χ0n) is 10.6. The fourth-order valence-electron chi connectivity index (χ4n) is 1.64. The number of carbonyl (C=O) groups excluding carboxylic acids is 1. The van der Waals surface area contributed by atoms with Gasteiger partial charge in [0.05, 0.1) is 0 Å². The van der Waals surface area contributed by atoms with E-state index in [0.717, 1.165) is 5.56 Å². The van der Waals surface area contributed by atoms with Crippen molar-refractivity contribution in [3.8, 4) is 0 Å². The summed E-state index contributed by atoms with van der Waals surface area (Å²) >= 11 is 0. The average Bonchev–Trinajstić information content (AvgIpc) is 2.58. The van der Waals surface area contributed by atoms with Crippen molar-refractivity contribution in [2.45, 2.75) is 19.9 Å². The van der Waals surface area contributed by atoms with Crippen LogP contribution in [0.25, 0.3) is 0 Å². The SMILES string of the molecule is COCC(C)CC(=O)Nc1nn(C)cc1CN. The molecule has 0 saturated carbocycles. The largest absolute Gasteiger partial charge is 0.384 e. The van der Waals surface area contributed by atoms with Gasteiger partial charge in [-0.2, -0.15) is 5.10 Å². The number of methoxy groups -OCH3 is 1. The number of hydrogen-bond donors (Lipinski definition) is 2. The van der Waals surface area contributed by atoms with E-state index in [1.54, 1.807) is 25.0 Å². The van der Waals surface area contributed by atoms with Crippen LogP contribution in [0.3, 0.4) is 0 Å². The van der Waals surface area contributed by atoms with Gasteiger partial charge in [0, 0.05) is 45.5 Å². The van der Waals surface area contributed by atoms with Gasteiger partial charge in [-0.25, -0.2) is 0 Å². The molecule has 0 spiro atoms. The summed E-state index contributed by atoms with van der Waals surface area (Å²) in [5.41, 5.74) is 6.40. The molecular formula is C11H20N4O2. The first-order chi connectivity index (χ1) is 8.06. The molecule has 0 aromatic carbocycles. The Balaban J connectivity index is 2.55. The van der Waals surface area contributed by atoms with Crippen LogP contribution >= 0.6 is 0 Å². The topological polar surface area (TPSA) is 82.2 Å². The maximum absolute atomic E-state index is 11.7. The highest BCUT2D eigenvalue weighted by Gasteiger charge is 2.13. The highest BCUT2D eigenvalue weighted by molar-refractivity contribution is 5.90. The molecule has 1 amide bonds. The van der Waals surface area contributed by atoms with Gasteiger partial charge in [-0.05, 0) is 5.92 Å². The molecule has 1 aromatic heterocycles. The van der Waals surface area contributed by atoms with Gasteiger partial charge in [-0.1, -0.05) is 6.92 Å². The Bertz CT molecular complexity index is 376. The highest BCUT2D eigenvalue weighted by Crippen LogP contribution is 2.13. The molecule has 1 atom stereocenters. The van der Waals surface area contributed by atoms with Crippen LogP contribution in [0.15, 0.2) is 6.20 Å². The number of anilines is 1. The lowest BCUT2D eigenvalue weighted by molar-refractivity contribution is -0.117. The van der Waals surface area contributed by atoms with Gasteiger partial charge in [0.25, 0.3) is 0 Å². The van der Waals surface area contributed by atoms with Crippen LogP contribution in [0.1, 0.15) is 18.9 Å². The molecule has 0 aliphatic rings. The zero-order valence-corrected chi connectivity index (χ0v) is 10.6. The third kappa shape index (κ3) is 4.16. The maximum atomic E-state index is 11.7. The Labute approximate surface area is 101 Å². The van der Waals surface area contributed by atoms with Gasteiger partial charge in [0.2, 0.25) is 5.91 Å². The van der Waals surface area contributed by atoms with Gasteiger partial charge in [-0.15, -0.1) is 0 Å². The van der Waals surface area contributed by atoms with E-state index in [9.17, 15) is 4.79 Å². The quantitative estimate of drug-likeness (QED) is 0.758. The molecule has 3 N–H and O–H groups in total. The Morgan fingerprint density at radius 1 is 1.71 bits per heavy atom. The third-order valence-electron chi connectivity index (χ3n) is 2.37. The number of aromatic nitrogens is 2. The molecule has 0 radical (unpaired) electrons. The summed E-state index contributed by atoms with van der Waals surface area (Å²) in [6.07, 6.45) is 2.21. The van der Waals surface area contributed by atoms with Crippen molar-refractivity contribution in [3.63, 3.8) is 0 Å². The first kappa shape index (κ1) is 13.7. The van der Waals surface area contributed by atoms with Crippen LogP contribution in [0.2, 0.25) is 0 Å². The lowest BCUT2D eigenvalue weighted by Crippen LogP contribution is -2.18. The molecule has 1 heterocycles. The minimum atomic E-state index is -0.0667. The number of aryl methyl sites for hydroxylation is 1. The molecule has 0 saturated heterocycles. The summed E-state index contributed by atoms with van der Waals surface area (Å²) in [5.74, 6) is 0.664. The van der Waals surface area contributed by atoms with E-state index in [2.05, 4.69) is 10.4 Å². The van der Waals surface area contributed by atoms with E-state index in [-0.39, 0.29) is 11.8 Å². The van der Waals surface area contributed by atoms with Crippen molar-refractivity contribution in [2.75, 3.05) is 19.0 Å². The summed E-state index contributed by atoms with van der Waals surface area (Å²) < 4.78 is 6.62. The molecule has 17 heavy (non-hydrogen) atoms. The normalized spacial score (nSPS) is 12.5. The standard InChI is InChI=1S/C11H20N4O2/c1-8(7-17-3)4-10(16)13-11-9(5-12)6-15(2)14-11/h6,8H,4-5,7,12H2,1-3H3,(H,13,14,16). The van der Waals surface area contributed by atoms with Gasteiger partial charge in [-0.3, -0.25) is 9.48 Å². The number of carbonyl (C=O) groups is 1. The molecular weight excluding hydrogens is 220 g/mol. The Hall–Kier alpha value is -1.40. The van der Waals surface area contributed by atoms with E-state index in [1.165, 1.54) is 0 Å².